The van der Waals surface area contributed by atoms with Crippen LogP contribution in [0.2, 0.25) is 0 Å². The van der Waals surface area contributed by atoms with Gasteiger partial charge < -0.3 is 15.1 Å². The number of nitrogens with one attached hydrogen (secondary N) is 1. The normalized spacial score (nSPS) is 15.1. The van der Waals surface area contributed by atoms with Crippen molar-refractivity contribution < 1.29 is 4.79 Å². The second-order valence-electron chi connectivity index (χ2n) is 9.86. The molecular weight excluding hydrogens is 414 g/mol. The van der Waals surface area contributed by atoms with Gasteiger partial charge in [-0.1, -0.05) is 24.6 Å². The zero-order chi connectivity index (χ0) is 23.8. The van der Waals surface area contributed by atoms with Crippen LogP contribution in [-0.4, -0.2) is 62.4 Å². The Bertz CT molecular complexity index is 1140. The van der Waals surface area contributed by atoms with Crippen LogP contribution in [0.3, 0.4) is 0 Å². The van der Waals surface area contributed by atoms with Crippen molar-refractivity contribution in [2.75, 3.05) is 31.1 Å². The van der Waals surface area contributed by atoms with Gasteiger partial charge in [0.25, 0.3) is 0 Å². The molecule has 0 bridgehead atoms. The number of rotatable bonds is 3. The summed E-state index contributed by atoms with van der Waals surface area (Å²) in [6, 6.07) is 8.33. The largest absolute Gasteiger partial charge is 0.354 e. The molecule has 1 fully saturated rings. The van der Waals surface area contributed by atoms with Gasteiger partial charge in [0.05, 0.1) is 16.8 Å². The zero-order valence-electron chi connectivity index (χ0n) is 20.6. The van der Waals surface area contributed by atoms with Gasteiger partial charge in [0, 0.05) is 38.1 Å². The number of aryl methyl sites for hydroxylation is 3. The highest BCUT2D eigenvalue weighted by Gasteiger charge is 2.26. The number of urea groups is 1. The lowest BCUT2D eigenvalue weighted by Gasteiger charge is -2.28. The van der Waals surface area contributed by atoms with Crippen molar-refractivity contribution in [3.63, 3.8) is 0 Å². The first-order valence-corrected chi connectivity index (χ1v) is 11.8. The molecule has 1 aliphatic heterocycles. The maximum absolute atomic E-state index is 12.7. The Morgan fingerprint density at radius 3 is 2.42 bits per heavy atom. The zero-order valence-corrected chi connectivity index (χ0v) is 20.6. The van der Waals surface area contributed by atoms with Gasteiger partial charge in [-0.05, 0) is 53.2 Å². The molecule has 8 nitrogen and oxygen atoms in total. The highest BCUT2D eigenvalue weighted by atomic mass is 16.2. The molecule has 4 rings (SSSR count). The van der Waals surface area contributed by atoms with Crippen LogP contribution in [-0.2, 0) is 6.42 Å². The van der Waals surface area contributed by atoms with E-state index in [-0.39, 0.29) is 11.6 Å². The van der Waals surface area contributed by atoms with Crippen LogP contribution < -0.4 is 10.2 Å². The van der Waals surface area contributed by atoms with E-state index in [1.54, 1.807) is 0 Å². The van der Waals surface area contributed by atoms with Crippen molar-refractivity contribution in [3.05, 3.63) is 41.3 Å². The summed E-state index contributed by atoms with van der Waals surface area (Å²) < 4.78 is 1.93. The van der Waals surface area contributed by atoms with Crippen LogP contribution >= 0.6 is 0 Å². The number of amides is 2. The summed E-state index contributed by atoms with van der Waals surface area (Å²) in [7, 11) is 0. The van der Waals surface area contributed by atoms with Crippen molar-refractivity contribution in [1.82, 2.24) is 30.0 Å². The lowest BCUT2D eigenvalue weighted by molar-refractivity contribution is 0.192. The lowest BCUT2D eigenvalue weighted by atomic mass is 10.1. The molecule has 1 N–H and O–H groups in total. The molecular formula is C25H35N7O. The molecule has 1 aromatic carbocycles. The monoisotopic (exact) mass is 449 g/mol. The maximum Gasteiger partial charge on any atom is 0.317 e. The molecule has 0 spiro atoms. The number of hydrogen-bond acceptors (Lipinski definition) is 5. The van der Waals surface area contributed by atoms with E-state index in [0.717, 1.165) is 66.5 Å². The molecule has 0 unspecified atom stereocenters. The Morgan fingerprint density at radius 2 is 1.76 bits per heavy atom. The second-order valence-corrected chi connectivity index (χ2v) is 9.86. The van der Waals surface area contributed by atoms with Crippen LogP contribution in [0.4, 0.5) is 10.6 Å². The first-order chi connectivity index (χ1) is 15.7. The number of carbonyl (C=O) groups excluding carboxylic acids is 1. The first-order valence-electron chi connectivity index (χ1n) is 11.8. The predicted molar refractivity (Wildman–Crippen MR) is 132 cm³/mol. The number of anilines is 1. The van der Waals surface area contributed by atoms with Crippen molar-refractivity contribution >= 4 is 22.9 Å². The Morgan fingerprint density at radius 1 is 1.03 bits per heavy atom. The van der Waals surface area contributed by atoms with Crippen molar-refractivity contribution in [3.8, 4) is 5.69 Å². The average molecular weight is 450 g/mol. The van der Waals surface area contributed by atoms with E-state index in [2.05, 4.69) is 48.3 Å². The van der Waals surface area contributed by atoms with E-state index in [9.17, 15) is 4.79 Å². The van der Waals surface area contributed by atoms with Gasteiger partial charge in [-0.2, -0.15) is 5.10 Å². The van der Waals surface area contributed by atoms with Crippen LogP contribution in [0.15, 0.2) is 24.3 Å². The molecule has 176 valence electrons. The number of aromatic nitrogens is 4. The Balaban J connectivity index is 1.69. The molecule has 0 saturated carbocycles. The van der Waals surface area contributed by atoms with Crippen molar-refractivity contribution in [2.24, 2.45) is 0 Å². The van der Waals surface area contributed by atoms with E-state index < -0.39 is 0 Å². The summed E-state index contributed by atoms with van der Waals surface area (Å²) in [5.41, 5.74) is 3.70. The van der Waals surface area contributed by atoms with Gasteiger partial charge in [-0.3, -0.25) is 0 Å². The third-order valence-electron chi connectivity index (χ3n) is 5.89. The predicted octanol–water partition coefficient (Wildman–Crippen LogP) is 4.01. The Kier molecular flexibility index (Phi) is 6.28. The summed E-state index contributed by atoms with van der Waals surface area (Å²) in [5.74, 6) is 1.73. The molecule has 1 aliphatic rings. The van der Waals surface area contributed by atoms with Crippen LogP contribution in [0.5, 0.6) is 0 Å². The van der Waals surface area contributed by atoms with E-state index in [1.165, 1.54) is 5.56 Å². The average Bonchev–Trinajstić information content (AvgIpc) is 2.94. The second kappa shape index (κ2) is 9.00. The topological polar surface area (TPSA) is 79.2 Å². The molecule has 1 saturated heterocycles. The fraction of sp³-hybridized carbons (Fsp3) is 0.520. The third kappa shape index (κ3) is 4.94. The molecule has 0 radical (unpaired) electrons. The summed E-state index contributed by atoms with van der Waals surface area (Å²) >= 11 is 0. The quantitative estimate of drug-likeness (QED) is 0.653. The number of nitrogens with zero attached hydrogens (tertiary/aromatic N) is 6. The molecule has 2 aromatic heterocycles. The summed E-state index contributed by atoms with van der Waals surface area (Å²) in [4.78, 5) is 26.7. The minimum atomic E-state index is -0.250. The number of carbonyl (C=O) groups is 1. The van der Waals surface area contributed by atoms with E-state index in [1.807, 2.05) is 37.3 Å². The molecule has 2 amide bonds. The Labute approximate surface area is 196 Å². The minimum Gasteiger partial charge on any atom is -0.354 e. The molecule has 8 heteroatoms. The van der Waals surface area contributed by atoms with E-state index in [4.69, 9.17) is 15.1 Å². The molecule has 3 heterocycles. The molecule has 3 aromatic rings. The molecule has 0 atom stereocenters. The summed E-state index contributed by atoms with van der Waals surface area (Å²) in [6.07, 6.45) is 1.63. The lowest BCUT2D eigenvalue weighted by Crippen LogP contribution is -2.49. The van der Waals surface area contributed by atoms with Gasteiger partial charge in [-0.15, -0.1) is 0 Å². The van der Waals surface area contributed by atoms with E-state index in [0.29, 0.717) is 6.54 Å². The van der Waals surface area contributed by atoms with Crippen molar-refractivity contribution in [2.45, 2.75) is 59.9 Å². The molecule has 33 heavy (non-hydrogen) atoms. The standard InChI is InChI=1S/C25H35N7O/c1-7-20-26-22(30-13-8-14-31(16-15-30)24(33)28-25(4,5)6)21-18(3)29-32(23(21)27-20)19-11-9-17(2)10-12-19/h9-12H,7-8,13-16H2,1-6H3,(H,28,33). The first kappa shape index (κ1) is 23.0. The summed E-state index contributed by atoms with van der Waals surface area (Å²) in [6.45, 7) is 15.1. The van der Waals surface area contributed by atoms with Crippen LogP contribution in [0, 0.1) is 13.8 Å². The van der Waals surface area contributed by atoms with Gasteiger partial charge in [0.15, 0.2) is 5.65 Å². The SMILES string of the molecule is CCc1nc(N2CCCN(C(=O)NC(C)(C)C)CC2)c2c(C)nn(-c3ccc(C)cc3)c2n1. The highest BCUT2D eigenvalue weighted by molar-refractivity contribution is 5.91. The van der Waals surface area contributed by atoms with Gasteiger partial charge in [0.1, 0.15) is 11.6 Å². The summed E-state index contributed by atoms with van der Waals surface area (Å²) in [5, 5.41) is 8.91. The fourth-order valence-corrected chi connectivity index (χ4v) is 4.19. The van der Waals surface area contributed by atoms with Crippen molar-refractivity contribution in [1.29, 1.82) is 0 Å². The number of fused-ring (bicyclic) bond motifs is 1. The number of benzene rings is 1. The smallest absolute Gasteiger partial charge is 0.317 e. The number of hydrogen-bond donors (Lipinski definition) is 1. The maximum atomic E-state index is 12.7. The minimum absolute atomic E-state index is 0.00481. The van der Waals surface area contributed by atoms with Gasteiger partial charge in [0.2, 0.25) is 0 Å². The van der Waals surface area contributed by atoms with Crippen LogP contribution in [0.25, 0.3) is 16.7 Å². The third-order valence-corrected chi connectivity index (χ3v) is 5.89. The van der Waals surface area contributed by atoms with Gasteiger partial charge >= 0.3 is 6.03 Å². The van der Waals surface area contributed by atoms with Crippen LogP contribution in [0.1, 0.15) is 51.2 Å². The molecule has 0 aliphatic carbocycles. The van der Waals surface area contributed by atoms with E-state index >= 15 is 0 Å². The Hall–Kier alpha value is -3.16. The highest BCUT2D eigenvalue weighted by Crippen LogP contribution is 2.30. The fourth-order valence-electron chi connectivity index (χ4n) is 4.19. The van der Waals surface area contributed by atoms with Gasteiger partial charge in [-0.25, -0.2) is 19.4 Å².